The molecule has 0 saturated heterocycles. The van der Waals surface area contributed by atoms with Crippen LogP contribution in [0, 0.1) is 5.92 Å². The zero-order valence-electron chi connectivity index (χ0n) is 11.0. The van der Waals surface area contributed by atoms with Crippen LogP contribution in [-0.2, 0) is 19.4 Å². The largest absolute Gasteiger partial charge is 0.315 e. The van der Waals surface area contributed by atoms with Gasteiger partial charge in [-0.05, 0) is 37.8 Å². The highest BCUT2D eigenvalue weighted by Crippen LogP contribution is 2.20. The van der Waals surface area contributed by atoms with Crippen LogP contribution in [0.25, 0.3) is 0 Å². The van der Waals surface area contributed by atoms with E-state index in [-0.39, 0.29) is 5.56 Å². The van der Waals surface area contributed by atoms with Gasteiger partial charge in [-0.2, -0.15) is 0 Å². The number of aryl methyl sites for hydroxylation is 1. The molecular weight excluding hydrogens is 212 g/mol. The minimum absolute atomic E-state index is 0.145. The summed E-state index contributed by atoms with van der Waals surface area (Å²) in [5, 5.41) is 3.31. The van der Waals surface area contributed by atoms with Crippen molar-refractivity contribution in [2.45, 2.75) is 45.7 Å². The molecule has 1 aliphatic carbocycles. The average molecular weight is 234 g/mol. The van der Waals surface area contributed by atoms with Crippen molar-refractivity contribution in [3.05, 3.63) is 33.7 Å². The van der Waals surface area contributed by atoms with E-state index >= 15 is 0 Å². The molecule has 94 valence electrons. The summed E-state index contributed by atoms with van der Waals surface area (Å²) in [5.74, 6) is 0.532. The number of likely N-dealkylation sites (N-methyl/N-ethyl adjacent to an activating group) is 1. The lowest BCUT2D eigenvalue weighted by atomic mass is 10.0. The summed E-state index contributed by atoms with van der Waals surface area (Å²) < 4.78 is 1.98. The van der Waals surface area contributed by atoms with E-state index < -0.39 is 0 Å². The number of hydrogen-bond donors (Lipinski definition) is 1. The monoisotopic (exact) mass is 234 g/mol. The zero-order valence-corrected chi connectivity index (χ0v) is 11.0. The Labute approximate surface area is 103 Å². The van der Waals surface area contributed by atoms with Gasteiger partial charge in [0.05, 0.1) is 0 Å². The van der Waals surface area contributed by atoms with Crippen LogP contribution < -0.4 is 10.9 Å². The molecule has 17 heavy (non-hydrogen) atoms. The molecule has 0 amide bonds. The fourth-order valence-corrected chi connectivity index (χ4v) is 2.67. The zero-order chi connectivity index (χ0) is 12.4. The number of nitrogens with zero attached hydrogens (tertiary/aromatic N) is 1. The molecule has 2 rings (SSSR count). The maximum Gasteiger partial charge on any atom is 0.250 e. The van der Waals surface area contributed by atoms with E-state index in [4.69, 9.17) is 0 Å². The molecule has 0 radical (unpaired) electrons. The Morgan fingerprint density at radius 1 is 1.35 bits per heavy atom. The second-order valence-corrected chi connectivity index (χ2v) is 5.25. The second kappa shape index (κ2) is 5.05. The van der Waals surface area contributed by atoms with Gasteiger partial charge in [0, 0.05) is 24.3 Å². The predicted molar refractivity (Wildman–Crippen MR) is 70.4 cm³/mol. The third kappa shape index (κ3) is 2.44. The lowest BCUT2D eigenvalue weighted by Gasteiger charge is -2.23. The van der Waals surface area contributed by atoms with Gasteiger partial charge in [0.25, 0.3) is 5.56 Å². The van der Waals surface area contributed by atoms with Crippen LogP contribution in [0.5, 0.6) is 0 Å². The molecule has 1 aromatic rings. The van der Waals surface area contributed by atoms with Gasteiger partial charge < -0.3 is 9.88 Å². The van der Waals surface area contributed by atoms with Crippen molar-refractivity contribution in [1.82, 2.24) is 9.88 Å². The van der Waals surface area contributed by atoms with Gasteiger partial charge in [-0.1, -0.05) is 19.9 Å². The average Bonchev–Trinajstić information content (AvgIpc) is 2.75. The Hall–Kier alpha value is -1.09. The summed E-state index contributed by atoms with van der Waals surface area (Å²) in [7, 11) is 1.97. The van der Waals surface area contributed by atoms with Crippen LogP contribution >= 0.6 is 0 Å². The Morgan fingerprint density at radius 3 is 2.76 bits per heavy atom. The normalized spacial score (nSPS) is 16.2. The molecule has 0 spiro atoms. The fraction of sp³-hybridized carbons (Fsp3) is 0.643. The summed E-state index contributed by atoms with van der Waals surface area (Å²) in [4.78, 5) is 12.0. The topological polar surface area (TPSA) is 34.0 Å². The van der Waals surface area contributed by atoms with Gasteiger partial charge in [0.15, 0.2) is 0 Å². The van der Waals surface area contributed by atoms with Crippen LogP contribution in [0.15, 0.2) is 16.9 Å². The van der Waals surface area contributed by atoms with E-state index in [2.05, 4.69) is 19.2 Å². The van der Waals surface area contributed by atoms with Crippen molar-refractivity contribution < 1.29 is 0 Å². The van der Waals surface area contributed by atoms with Crippen molar-refractivity contribution in [3.63, 3.8) is 0 Å². The fourth-order valence-electron chi connectivity index (χ4n) is 2.67. The lowest BCUT2D eigenvalue weighted by molar-refractivity contribution is 0.369. The molecule has 1 heterocycles. The third-order valence-electron chi connectivity index (χ3n) is 3.80. The smallest absolute Gasteiger partial charge is 0.250 e. The van der Waals surface area contributed by atoms with Crippen molar-refractivity contribution in [3.8, 4) is 0 Å². The Kier molecular flexibility index (Phi) is 3.67. The van der Waals surface area contributed by atoms with E-state index in [1.165, 1.54) is 17.7 Å². The Morgan fingerprint density at radius 2 is 2.12 bits per heavy atom. The molecule has 0 aliphatic heterocycles. The van der Waals surface area contributed by atoms with Crippen molar-refractivity contribution in [1.29, 1.82) is 0 Å². The minimum atomic E-state index is 0.145. The SMILES string of the molecule is CNC(Cn1c2c(ccc1=O)CCC2)C(C)C. The van der Waals surface area contributed by atoms with Crippen LogP contribution in [0.4, 0.5) is 0 Å². The molecular formula is C14H22N2O. The number of pyridine rings is 1. The van der Waals surface area contributed by atoms with E-state index in [9.17, 15) is 4.79 Å². The lowest BCUT2D eigenvalue weighted by Crippen LogP contribution is -2.39. The number of rotatable bonds is 4. The second-order valence-electron chi connectivity index (χ2n) is 5.25. The molecule has 0 saturated carbocycles. The maximum atomic E-state index is 12.0. The molecule has 0 fully saturated rings. The number of fused-ring (bicyclic) bond motifs is 1. The van der Waals surface area contributed by atoms with Crippen molar-refractivity contribution in [2.75, 3.05) is 7.05 Å². The first-order valence-electron chi connectivity index (χ1n) is 6.52. The van der Waals surface area contributed by atoms with Gasteiger partial charge in [-0.3, -0.25) is 4.79 Å². The van der Waals surface area contributed by atoms with E-state index in [1.54, 1.807) is 6.07 Å². The highest BCUT2D eigenvalue weighted by molar-refractivity contribution is 5.25. The summed E-state index contributed by atoms with van der Waals surface area (Å²) >= 11 is 0. The van der Waals surface area contributed by atoms with Gasteiger partial charge >= 0.3 is 0 Å². The van der Waals surface area contributed by atoms with Crippen LogP contribution in [0.1, 0.15) is 31.5 Å². The molecule has 0 bridgehead atoms. The molecule has 1 atom stereocenters. The summed E-state index contributed by atoms with van der Waals surface area (Å²) in [5.41, 5.74) is 2.77. The van der Waals surface area contributed by atoms with Crippen molar-refractivity contribution >= 4 is 0 Å². The first-order chi connectivity index (χ1) is 8.13. The maximum absolute atomic E-state index is 12.0. The van der Waals surface area contributed by atoms with Gasteiger partial charge in [-0.15, -0.1) is 0 Å². The van der Waals surface area contributed by atoms with Crippen LogP contribution in [0.2, 0.25) is 0 Å². The standard InChI is InChI=1S/C14H22N2O/c1-10(2)12(15-3)9-16-13-6-4-5-11(13)7-8-14(16)17/h7-8,10,12,15H,4-6,9H2,1-3H3. The molecule has 1 aliphatic rings. The highest BCUT2D eigenvalue weighted by Gasteiger charge is 2.19. The van der Waals surface area contributed by atoms with E-state index in [1.807, 2.05) is 17.7 Å². The third-order valence-corrected chi connectivity index (χ3v) is 3.80. The molecule has 3 nitrogen and oxygen atoms in total. The Balaban J connectivity index is 2.32. The number of aromatic nitrogens is 1. The van der Waals surface area contributed by atoms with Crippen LogP contribution in [0.3, 0.4) is 0 Å². The van der Waals surface area contributed by atoms with Crippen LogP contribution in [-0.4, -0.2) is 17.7 Å². The van der Waals surface area contributed by atoms with E-state index in [0.29, 0.717) is 12.0 Å². The summed E-state index contributed by atoms with van der Waals surface area (Å²) in [6.07, 6.45) is 3.37. The van der Waals surface area contributed by atoms with Gasteiger partial charge in [0.2, 0.25) is 0 Å². The molecule has 0 aromatic carbocycles. The van der Waals surface area contributed by atoms with Crippen molar-refractivity contribution in [2.24, 2.45) is 5.92 Å². The minimum Gasteiger partial charge on any atom is -0.315 e. The summed E-state index contributed by atoms with van der Waals surface area (Å²) in [6, 6.07) is 4.09. The quantitative estimate of drug-likeness (QED) is 0.858. The molecule has 3 heteroatoms. The Bertz CT molecular complexity index is 448. The van der Waals surface area contributed by atoms with E-state index in [0.717, 1.165) is 19.4 Å². The van der Waals surface area contributed by atoms with Gasteiger partial charge in [-0.25, -0.2) is 0 Å². The first-order valence-corrected chi connectivity index (χ1v) is 6.52. The van der Waals surface area contributed by atoms with Gasteiger partial charge in [0.1, 0.15) is 0 Å². The molecule has 1 aromatic heterocycles. The number of nitrogens with one attached hydrogen (secondary N) is 1. The first kappa shape index (κ1) is 12.4. The molecule has 1 unspecified atom stereocenters. The molecule has 1 N–H and O–H groups in total. The summed E-state index contributed by atoms with van der Waals surface area (Å²) in [6.45, 7) is 5.17. The highest BCUT2D eigenvalue weighted by atomic mass is 16.1. The number of hydrogen-bond acceptors (Lipinski definition) is 2. The predicted octanol–water partition coefficient (Wildman–Crippen LogP) is 1.58.